The van der Waals surface area contributed by atoms with Crippen LogP contribution in [0.5, 0.6) is 0 Å². The zero-order chi connectivity index (χ0) is 15.8. The molecule has 0 aromatic rings. The fraction of sp³-hybridized carbons (Fsp3) is 1.00. The van der Waals surface area contributed by atoms with Gasteiger partial charge in [-0.2, -0.15) is 0 Å². The van der Waals surface area contributed by atoms with E-state index in [9.17, 15) is 0 Å². The highest BCUT2D eigenvalue weighted by atomic mass is 32.3. The molecule has 0 aliphatic rings. The molecule has 0 N–H and O–H groups in total. The highest BCUT2D eigenvalue weighted by Crippen LogP contribution is 2.49. The predicted octanol–water partition coefficient (Wildman–Crippen LogP) is 6.18. The van der Waals surface area contributed by atoms with Crippen molar-refractivity contribution in [2.24, 2.45) is 0 Å². The Labute approximate surface area is 135 Å². The first-order valence-electron chi connectivity index (χ1n) is 8.72. The van der Waals surface area contributed by atoms with E-state index in [1.165, 1.54) is 70.6 Å². The van der Waals surface area contributed by atoms with Crippen LogP contribution >= 0.6 is 10.9 Å². The van der Waals surface area contributed by atoms with E-state index in [2.05, 4.69) is 6.92 Å². The molecule has 21 heavy (non-hydrogen) atoms. The minimum atomic E-state index is -1.72. The molecule has 0 rings (SSSR count). The van der Waals surface area contributed by atoms with Gasteiger partial charge in [0, 0.05) is 5.75 Å². The Morgan fingerprint density at radius 1 is 0.524 bits per heavy atom. The first-order chi connectivity index (χ1) is 10.2. The summed E-state index contributed by atoms with van der Waals surface area (Å²) in [6.07, 6.45) is 16.3. The Balaban J connectivity index is 3.29. The number of hydrogen-bond donors (Lipinski definition) is 0. The highest BCUT2D eigenvalue weighted by molar-refractivity contribution is 8.21. The topological polar surface area (TPSA) is 27.7 Å². The summed E-state index contributed by atoms with van der Waals surface area (Å²) in [5.74, 6) is 0.883. The summed E-state index contributed by atoms with van der Waals surface area (Å²) in [6.45, 7) is 2.28. The lowest BCUT2D eigenvalue weighted by atomic mass is 10.1. The third kappa shape index (κ3) is 11.5. The van der Waals surface area contributed by atoms with Gasteiger partial charge in [-0.1, -0.05) is 77.6 Å². The van der Waals surface area contributed by atoms with Gasteiger partial charge in [-0.25, -0.2) is 0 Å². The monoisotopic (exact) mass is 322 g/mol. The standard InChI is InChI=1S/C17H38O3S/c1-5-6-7-8-9-10-11-12-13-14-15-16-17-21(18-2,19-3)20-4/h5-17H2,1-4H3. The van der Waals surface area contributed by atoms with E-state index in [1.54, 1.807) is 21.3 Å². The Hall–Kier alpha value is 0.230. The van der Waals surface area contributed by atoms with E-state index in [0.717, 1.165) is 12.2 Å². The third-order valence-electron chi connectivity index (χ3n) is 4.01. The van der Waals surface area contributed by atoms with E-state index in [1.807, 2.05) is 0 Å². The lowest BCUT2D eigenvalue weighted by molar-refractivity contribution is 0.247. The molecule has 0 spiro atoms. The molecule has 0 unspecified atom stereocenters. The molecule has 0 saturated heterocycles. The van der Waals surface area contributed by atoms with E-state index < -0.39 is 10.9 Å². The molecule has 3 nitrogen and oxygen atoms in total. The van der Waals surface area contributed by atoms with E-state index in [-0.39, 0.29) is 0 Å². The van der Waals surface area contributed by atoms with Crippen molar-refractivity contribution in [2.45, 2.75) is 84.0 Å². The van der Waals surface area contributed by atoms with Crippen LogP contribution in [0.2, 0.25) is 0 Å². The van der Waals surface area contributed by atoms with Crippen LogP contribution < -0.4 is 0 Å². The SMILES string of the molecule is CCCCCCCCCCCCCCS(OC)(OC)OC. The Bertz CT molecular complexity index is 200. The molecule has 0 atom stereocenters. The van der Waals surface area contributed by atoms with Crippen LogP contribution in [-0.2, 0) is 12.5 Å². The smallest absolute Gasteiger partial charge is 0.0879 e. The van der Waals surface area contributed by atoms with Crippen LogP contribution in [0, 0.1) is 0 Å². The van der Waals surface area contributed by atoms with Gasteiger partial charge in [0.1, 0.15) is 0 Å². The summed E-state index contributed by atoms with van der Waals surface area (Å²) in [4.78, 5) is 0. The summed E-state index contributed by atoms with van der Waals surface area (Å²) >= 11 is 0. The van der Waals surface area contributed by atoms with Crippen LogP contribution in [0.3, 0.4) is 0 Å². The molecule has 0 fully saturated rings. The van der Waals surface area contributed by atoms with Crippen molar-refractivity contribution in [1.29, 1.82) is 0 Å². The molecule has 0 aromatic carbocycles. The van der Waals surface area contributed by atoms with Crippen LogP contribution in [-0.4, -0.2) is 27.1 Å². The number of unbranched alkanes of at least 4 members (excludes halogenated alkanes) is 11. The fourth-order valence-corrected chi connectivity index (χ4v) is 4.04. The zero-order valence-corrected chi connectivity index (χ0v) is 15.6. The van der Waals surface area contributed by atoms with Crippen molar-refractivity contribution >= 4 is 10.9 Å². The van der Waals surface area contributed by atoms with Crippen molar-refractivity contribution in [3.05, 3.63) is 0 Å². The number of hydrogen-bond acceptors (Lipinski definition) is 3. The van der Waals surface area contributed by atoms with Crippen molar-refractivity contribution in [3.63, 3.8) is 0 Å². The largest absolute Gasteiger partial charge is 0.296 e. The lowest BCUT2D eigenvalue weighted by Gasteiger charge is -2.33. The normalized spacial score (nSPS) is 12.8. The molecule has 0 amide bonds. The summed E-state index contributed by atoms with van der Waals surface area (Å²) in [7, 11) is 3.29. The Morgan fingerprint density at radius 3 is 1.19 bits per heavy atom. The average molecular weight is 323 g/mol. The quantitative estimate of drug-likeness (QED) is 0.318. The first-order valence-corrected chi connectivity index (χ1v) is 10.3. The molecule has 0 radical (unpaired) electrons. The summed E-state index contributed by atoms with van der Waals surface area (Å²) in [5, 5.41) is 0. The maximum atomic E-state index is 5.38. The van der Waals surface area contributed by atoms with Crippen molar-refractivity contribution in [3.8, 4) is 0 Å². The predicted molar refractivity (Wildman–Crippen MR) is 94.6 cm³/mol. The molecule has 0 aliphatic carbocycles. The minimum Gasteiger partial charge on any atom is -0.296 e. The molecular weight excluding hydrogens is 284 g/mol. The van der Waals surface area contributed by atoms with Gasteiger partial charge in [-0.3, -0.25) is 12.5 Å². The van der Waals surface area contributed by atoms with Crippen LogP contribution in [0.4, 0.5) is 0 Å². The van der Waals surface area contributed by atoms with E-state index >= 15 is 0 Å². The second-order valence-electron chi connectivity index (χ2n) is 5.65. The van der Waals surface area contributed by atoms with Gasteiger partial charge < -0.3 is 0 Å². The molecule has 130 valence electrons. The second kappa shape index (κ2) is 15.1. The van der Waals surface area contributed by atoms with Gasteiger partial charge in [-0.05, 0) is 6.42 Å². The summed E-state index contributed by atoms with van der Waals surface area (Å²) < 4.78 is 16.1. The average Bonchev–Trinajstić information content (AvgIpc) is 2.53. The maximum Gasteiger partial charge on any atom is 0.0879 e. The van der Waals surface area contributed by atoms with Gasteiger partial charge in [-0.15, -0.1) is 0 Å². The molecular formula is C17H38O3S. The summed E-state index contributed by atoms with van der Waals surface area (Å²) in [6, 6.07) is 0. The van der Waals surface area contributed by atoms with Crippen molar-refractivity contribution in [2.75, 3.05) is 27.1 Å². The van der Waals surface area contributed by atoms with Gasteiger partial charge in [0.2, 0.25) is 0 Å². The number of rotatable bonds is 16. The van der Waals surface area contributed by atoms with Crippen LogP contribution in [0.15, 0.2) is 0 Å². The highest BCUT2D eigenvalue weighted by Gasteiger charge is 2.21. The maximum absolute atomic E-state index is 5.38. The van der Waals surface area contributed by atoms with Crippen molar-refractivity contribution < 1.29 is 12.5 Å². The van der Waals surface area contributed by atoms with Crippen LogP contribution in [0.25, 0.3) is 0 Å². The molecule has 0 saturated carbocycles. The fourth-order valence-electron chi connectivity index (χ4n) is 2.57. The summed E-state index contributed by atoms with van der Waals surface area (Å²) in [5.41, 5.74) is 0. The van der Waals surface area contributed by atoms with E-state index in [0.29, 0.717) is 0 Å². The van der Waals surface area contributed by atoms with E-state index in [4.69, 9.17) is 12.5 Å². The molecule has 0 bridgehead atoms. The van der Waals surface area contributed by atoms with Gasteiger partial charge in [0.15, 0.2) is 0 Å². The zero-order valence-electron chi connectivity index (χ0n) is 14.8. The van der Waals surface area contributed by atoms with Gasteiger partial charge in [0.05, 0.1) is 32.2 Å². The van der Waals surface area contributed by atoms with Gasteiger partial charge in [0.25, 0.3) is 0 Å². The molecule has 4 heteroatoms. The van der Waals surface area contributed by atoms with Gasteiger partial charge >= 0.3 is 0 Å². The lowest BCUT2D eigenvalue weighted by Crippen LogP contribution is -2.11. The second-order valence-corrected chi connectivity index (χ2v) is 8.17. The molecule has 0 heterocycles. The molecule has 0 aromatic heterocycles. The van der Waals surface area contributed by atoms with Crippen LogP contribution in [0.1, 0.15) is 84.0 Å². The Morgan fingerprint density at radius 2 is 0.857 bits per heavy atom. The first kappa shape index (κ1) is 21.2. The Kier molecular flexibility index (Phi) is 15.3. The van der Waals surface area contributed by atoms with Crippen molar-refractivity contribution in [1.82, 2.24) is 0 Å². The molecule has 0 aliphatic heterocycles. The minimum absolute atomic E-state index is 0.883. The third-order valence-corrected chi connectivity index (χ3v) is 6.32.